The number of morpholine rings is 1. The zero-order chi connectivity index (χ0) is 17.8. The first-order valence-corrected chi connectivity index (χ1v) is 8.54. The van der Waals surface area contributed by atoms with Crippen molar-refractivity contribution >= 4 is 17.8 Å². The molecule has 0 aliphatic carbocycles. The van der Waals surface area contributed by atoms with Crippen LogP contribution in [0.15, 0.2) is 30.3 Å². The van der Waals surface area contributed by atoms with E-state index in [1.165, 1.54) is 0 Å². The molecule has 7 heteroatoms. The summed E-state index contributed by atoms with van der Waals surface area (Å²) in [4.78, 5) is 39.7. The minimum absolute atomic E-state index is 0.0662. The molecule has 0 radical (unpaired) electrons. The second kappa shape index (κ2) is 7.65. The van der Waals surface area contributed by atoms with Gasteiger partial charge in [-0.15, -0.1) is 0 Å². The minimum atomic E-state index is -1.05. The summed E-state index contributed by atoms with van der Waals surface area (Å²) >= 11 is 0. The van der Waals surface area contributed by atoms with Crippen LogP contribution in [0, 0.1) is 5.92 Å². The van der Waals surface area contributed by atoms with E-state index in [0.717, 1.165) is 6.42 Å². The van der Waals surface area contributed by atoms with Crippen molar-refractivity contribution < 1.29 is 24.2 Å². The Bertz CT molecular complexity index is 648. The maximum absolute atomic E-state index is 12.8. The smallest absolute Gasteiger partial charge is 0.334 e. The lowest BCUT2D eigenvalue weighted by Gasteiger charge is -2.37. The fourth-order valence-electron chi connectivity index (χ4n) is 3.38. The Labute approximate surface area is 146 Å². The Balaban J connectivity index is 1.63. The summed E-state index contributed by atoms with van der Waals surface area (Å²) in [7, 11) is 0. The number of hydrogen-bond acceptors (Lipinski definition) is 4. The Kier molecular flexibility index (Phi) is 5.33. The molecule has 2 aliphatic heterocycles. The maximum atomic E-state index is 12.8. The van der Waals surface area contributed by atoms with E-state index in [1.54, 1.807) is 21.9 Å². The van der Waals surface area contributed by atoms with E-state index in [4.69, 9.17) is 9.84 Å². The van der Waals surface area contributed by atoms with Crippen LogP contribution in [-0.2, 0) is 14.3 Å². The molecule has 25 heavy (non-hydrogen) atoms. The van der Waals surface area contributed by atoms with Gasteiger partial charge in [0.2, 0.25) is 5.91 Å². The van der Waals surface area contributed by atoms with Gasteiger partial charge in [-0.05, 0) is 25.0 Å². The van der Waals surface area contributed by atoms with Gasteiger partial charge in [0, 0.05) is 25.2 Å². The Morgan fingerprint density at radius 2 is 1.80 bits per heavy atom. The number of benzene rings is 1. The van der Waals surface area contributed by atoms with Crippen LogP contribution in [0.1, 0.15) is 23.2 Å². The van der Waals surface area contributed by atoms with Crippen molar-refractivity contribution in [3.63, 3.8) is 0 Å². The highest BCUT2D eigenvalue weighted by Crippen LogP contribution is 2.22. The zero-order valence-corrected chi connectivity index (χ0v) is 14.0. The minimum Gasteiger partial charge on any atom is -0.479 e. The Morgan fingerprint density at radius 1 is 1.04 bits per heavy atom. The van der Waals surface area contributed by atoms with E-state index >= 15 is 0 Å². The summed E-state index contributed by atoms with van der Waals surface area (Å²) in [5, 5.41) is 9.07. The van der Waals surface area contributed by atoms with E-state index in [-0.39, 0.29) is 30.9 Å². The normalized spacial score (nSPS) is 24.0. The van der Waals surface area contributed by atoms with E-state index in [2.05, 4.69) is 0 Å². The average molecular weight is 346 g/mol. The number of aliphatic carboxylic acids is 1. The largest absolute Gasteiger partial charge is 0.479 e. The molecule has 2 amide bonds. The van der Waals surface area contributed by atoms with Gasteiger partial charge in [0.15, 0.2) is 6.10 Å². The van der Waals surface area contributed by atoms with Crippen molar-refractivity contribution in [2.75, 3.05) is 32.8 Å². The lowest BCUT2D eigenvalue weighted by molar-refractivity contribution is -0.161. The van der Waals surface area contributed by atoms with Gasteiger partial charge in [-0.25, -0.2) is 4.79 Å². The van der Waals surface area contributed by atoms with Gasteiger partial charge in [-0.3, -0.25) is 9.59 Å². The van der Waals surface area contributed by atoms with Crippen LogP contribution < -0.4 is 0 Å². The number of carboxylic acid groups (broad SMARTS) is 1. The number of piperidine rings is 1. The van der Waals surface area contributed by atoms with Crippen molar-refractivity contribution in [1.29, 1.82) is 0 Å². The molecule has 0 saturated carbocycles. The van der Waals surface area contributed by atoms with Crippen LogP contribution >= 0.6 is 0 Å². The highest BCUT2D eigenvalue weighted by molar-refractivity contribution is 5.94. The lowest BCUT2D eigenvalue weighted by atomic mass is 9.95. The van der Waals surface area contributed by atoms with Gasteiger partial charge in [-0.1, -0.05) is 18.2 Å². The molecule has 2 unspecified atom stereocenters. The summed E-state index contributed by atoms with van der Waals surface area (Å²) in [6.45, 7) is 1.70. The van der Waals surface area contributed by atoms with Crippen molar-refractivity contribution in [2.24, 2.45) is 5.92 Å². The van der Waals surface area contributed by atoms with Crippen LogP contribution in [0.5, 0.6) is 0 Å². The van der Waals surface area contributed by atoms with E-state index in [1.807, 2.05) is 18.2 Å². The van der Waals surface area contributed by atoms with Gasteiger partial charge in [0.25, 0.3) is 5.91 Å². The van der Waals surface area contributed by atoms with Crippen molar-refractivity contribution in [3.8, 4) is 0 Å². The van der Waals surface area contributed by atoms with E-state index in [9.17, 15) is 14.4 Å². The number of amides is 2. The van der Waals surface area contributed by atoms with E-state index < -0.39 is 12.1 Å². The number of nitrogens with zero attached hydrogens (tertiary/aromatic N) is 2. The molecule has 0 aromatic heterocycles. The quantitative estimate of drug-likeness (QED) is 0.877. The molecule has 7 nitrogen and oxygen atoms in total. The van der Waals surface area contributed by atoms with Crippen LogP contribution in [0.25, 0.3) is 0 Å². The highest BCUT2D eigenvalue weighted by Gasteiger charge is 2.35. The molecular weight excluding hydrogens is 324 g/mol. The molecule has 2 fully saturated rings. The molecule has 1 aromatic rings. The van der Waals surface area contributed by atoms with Gasteiger partial charge in [-0.2, -0.15) is 0 Å². The third-order valence-electron chi connectivity index (χ3n) is 4.73. The predicted octanol–water partition coefficient (Wildman–Crippen LogP) is 0.851. The first kappa shape index (κ1) is 17.4. The summed E-state index contributed by atoms with van der Waals surface area (Å²) in [6, 6.07) is 9.04. The first-order valence-electron chi connectivity index (χ1n) is 8.54. The van der Waals surface area contributed by atoms with Crippen molar-refractivity contribution in [2.45, 2.75) is 18.9 Å². The molecule has 1 aromatic carbocycles. The standard InChI is InChI=1S/C18H22N2O5/c21-16(13-5-2-1-3-6-13)19-8-4-7-14(11-19)17(22)20-9-10-25-15(12-20)18(23)24/h1-3,5-6,14-15H,4,7-12H2,(H,23,24). The maximum Gasteiger partial charge on any atom is 0.334 e. The summed E-state index contributed by atoms with van der Waals surface area (Å²) < 4.78 is 5.17. The van der Waals surface area contributed by atoms with Crippen LogP contribution in [0.4, 0.5) is 0 Å². The molecule has 134 valence electrons. The topological polar surface area (TPSA) is 87.2 Å². The van der Waals surface area contributed by atoms with Gasteiger partial charge < -0.3 is 19.6 Å². The Hall–Kier alpha value is -2.41. The average Bonchev–Trinajstić information content (AvgIpc) is 2.67. The van der Waals surface area contributed by atoms with Gasteiger partial charge >= 0.3 is 5.97 Å². The monoisotopic (exact) mass is 346 g/mol. The van der Waals surface area contributed by atoms with Crippen molar-refractivity contribution in [3.05, 3.63) is 35.9 Å². The number of carbonyl (C=O) groups excluding carboxylic acids is 2. The molecule has 3 rings (SSSR count). The number of carboxylic acids is 1. The third kappa shape index (κ3) is 3.99. The zero-order valence-electron chi connectivity index (χ0n) is 14.0. The SMILES string of the molecule is O=C(O)C1CN(C(=O)C2CCCN(C(=O)c3ccccc3)C2)CCO1. The molecule has 2 aliphatic rings. The molecular formula is C18H22N2O5. The molecule has 0 spiro atoms. The fraction of sp³-hybridized carbons (Fsp3) is 0.500. The highest BCUT2D eigenvalue weighted by atomic mass is 16.5. The number of rotatable bonds is 3. The molecule has 2 heterocycles. The number of likely N-dealkylation sites (tertiary alicyclic amines) is 1. The third-order valence-corrected chi connectivity index (χ3v) is 4.73. The summed E-state index contributed by atoms with van der Waals surface area (Å²) in [5.41, 5.74) is 0.618. The number of carbonyl (C=O) groups is 3. The van der Waals surface area contributed by atoms with E-state index in [0.29, 0.717) is 31.6 Å². The molecule has 2 atom stereocenters. The molecule has 2 saturated heterocycles. The fourth-order valence-corrected chi connectivity index (χ4v) is 3.38. The number of hydrogen-bond donors (Lipinski definition) is 1. The van der Waals surface area contributed by atoms with Gasteiger partial charge in [0.05, 0.1) is 19.1 Å². The second-order valence-corrected chi connectivity index (χ2v) is 6.44. The first-order chi connectivity index (χ1) is 12.1. The number of ether oxygens (including phenoxy) is 1. The summed E-state index contributed by atoms with van der Waals surface area (Å²) in [6.07, 6.45) is 0.511. The molecule has 1 N–H and O–H groups in total. The second-order valence-electron chi connectivity index (χ2n) is 6.44. The van der Waals surface area contributed by atoms with Crippen LogP contribution in [0.3, 0.4) is 0 Å². The van der Waals surface area contributed by atoms with Gasteiger partial charge in [0.1, 0.15) is 0 Å². The van der Waals surface area contributed by atoms with Crippen molar-refractivity contribution in [1.82, 2.24) is 9.80 Å². The molecule has 0 bridgehead atoms. The predicted molar refractivity (Wildman–Crippen MR) is 89.0 cm³/mol. The van der Waals surface area contributed by atoms with Crippen LogP contribution in [0.2, 0.25) is 0 Å². The summed E-state index contributed by atoms with van der Waals surface area (Å²) in [5.74, 6) is -1.49. The lowest BCUT2D eigenvalue weighted by Crippen LogP contribution is -2.53. The Morgan fingerprint density at radius 3 is 2.52 bits per heavy atom. The van der Waals surface area contributed by atoms with Crippen LogP contribution in [-0.4, -0.2) is 71.6 Å².